The molecule has 1 aliphatic carbocycles. The first-order valence-electron chi connectivity index (χ1n) is 7.14. The number of nitrogens with one attached hydrogen (secondary N) is 1. The lowest BCUT2D eigenvalue weighted by Crippen LogP contribution is -2.43. The van der Waals surface area contributed by atoms with Crippen molar-refractivity contribution in [3.05, 3.63) is 16.4 Å². The molecular weight excluding hydrogens is 349 g/mol. The smallest absolute Gasteiger partial charge is 0.271 e. The summed E-state index contributed by atoms with van der Waals surface area (Å²) in [5.41, 5.74) is 3.30. The van der Waals surface area contributed by atoms with Crippen LogP contribution < -0.4 is 11.3 Å². The lowest BCUT2D eigenvalue weighted by atomic mass is 9.74. The molecule has 0 radical (unpaired) electrons. The molecule has 1 aromatic rings. The van der Waals surface area contributed by atoms with Gasteiger partial charge in [0.25, 0.3) is 0 Å². The van der Waals surface area contributed by atoms with E-state index < -0.39 is 24.1 Å². The molecule has 120 valence electrons. The van der Waals surface area contributed by atoms with Crippen molar-refractivity contribution in [1.82, 2.24) is 15.2 Å². The summed E-state index contributed by atoms with van der Waals surface area (Å²) in [5.74, 6) is 3.73. The van der Waals surface area contributed by atoms with Crippen molar-refractivity contribution in [1.29, 1.82) is 0 Å². The van der Waals surface area contributed by atoms with Crippen molar-refractivity contribution in [2.45, 2.75) is 51.4 Å². The molecule has 1 aliphatic rings. The van der Waals surface area contributed by atoms with E-state index in [1.807, 2.05) is 6.92 Å². The monoisotopic (exact) mass is 368 g/mol. The molecule has 0 spiro atoms. The van der Waals surface area contributed by atoms with E-state index in [-0.39, 0.29) is 6.42 Å². The molecule has 21 heavy (non-hydrogen) atoms. The van der Waals surface area contributed by atoms with E-state index in [4.69, 9.17) is 5.84 Å². The molecular formula is C13H20BrF3N4. The number of aromatic nitrogens is 2. The average molecular weight is 369 g/mol. The van der Waals surface area contributed by atoms with Gasteiger partial charge in [0.1, 0.15) is 0 Å². The van der Waals surface area contributed by atoms with E-state index in [9.17, 15) is 13.2 Å². The minimum Gasteiger partial charge on any atom is -0.271 e. The van der Waals surface area contributed by atoms with Gasteiger partial charge >= 0.3 is 6.18 Å². The number of rotatable bonds is 4. The van der Waals surface area contributed by atoms with Crippen LogP contribution in [0.2, 0.25) is 0 Å². The third kappa shape index (κ3) is 3.43. The van der Waals surface area contributed by atoms with E-state index in [2.05, 4.69) is 26.5 Å². The van der Waals surface area contributed by atoms with Gasteiger partial charge in [-0.05, 0) is 41.6 Å². The first-order valence-corrected chi connectivity index (χ1v) is 7.93. The number of hydrazine groups is 1. The van der Waals surface area contributed by atoms with Gasteiger partial charge in [0.15, 0.2) is 0 Å². The highest BCUT2D eigenvalue weighted by Gasteiger charge is 2.48. The molecule has 0 saturated heterocycles. The van der Waals surface area contributed by atoms with Gasteiger partial charge in [-0.25, -0.2) is 0 Å². The zero-order valence-electron chi connectivity index (χ0n) is 11.8. The maximum atomic E-state index is 13.3. The number of nitrogens with zero attached hydrogens (tertiary/aromatic N) is 2. The lowest BCUT2D eigenvalue weighted by Gasteiger charge is -2.38. The standard InChI is InChI=1S/C13H20BrF3N4/c1-2-21-12(10(14)7-19-21)11(20-18)8-5-3-4-6-9(8)13(15,16)17/h7-9,11,20H,2-6,18H2,1H3. The van der Waals surface area contributed by atoms with Crippen LogP contribution in [0.25, 0.3) is 0 Å². The molecule has 0 amide bonds. The highest BCUT2D eigenvalue weighted by Crippen LogP contribution is 2.47. The van der Waals surface area contributed by atoms with Crippen LogP contribution in [-0.4, -0.2) is 16.0 Å². The molecule has 1 aromatic heterocycles. The van der Waals surface area contributed by atoms with E-state index in [1.54, 1.807) is 10.9 Å². The minimum atomic E-state index is -4.19. The number of halogens is 4. The van der Waals surface area contributed by atoms with E-state index in [1.165, 1.54) is 0 Å². The van der Waals surface area contributed by atoms with Gasteiger partial charge in [-0.1, -0.05) is 12.8 Å². The Bertz CT molecular complexity index is 474. The third-order valence-corrected chi connectivity index (χ3v) is 4.89. The first-order chi connectivity index (χ1) is 9.90. The lowest BCUT2D eigenvalue weighted by molar-refractivity contribution is -0.199. The maximum absolute atomic E-state index is 13.3. The summed E-state index contributed by atoms with van der Waals surface area (Å²) in [6, 6.07) is -0.561. The molecule has 2 rings (SSSR count). The van der Waals surface area contributed by atoms with E-state index in [0.29, 0.717) is 29.6 Å². The predicted molar refractivity (Wildman–Crippen MR) is 77.2 cm³/mol. The highest BCUT2D eigenvalue weighted by atomic mass is 79.9. The van der Waals surface area contributed by atoms with Crippen molar-refractivity contribution in [2.24, 2.45) is 17.7 Å². The van der Waals surface area contributed by atoms with Crippen LogP contribution in [0.3, 0.4) is 0 Å². The van der Waals surface area contributed by atoms with E-state index >= 15 is 0 Å². The van der Waals surface area contributed by atoms with Gasteiger partial charge in [-0.3, -0.25) is 16.0 Å². The van der Waals surface area contributed by atoms with Crippen LogP contribution >= 0.6 is 15.9 Å². The topological polar surface area (TPSA) is 55.9 Å². The van der Waals surface area contributed by atoms with Gasteiger partial charge in [0, 0.05) is 6.54 Å². The second-order valence-electron chi connectivity index (χ2n) is 5.43. The quantitative estimate of drug-likeness (QED) is 0.631. The summed E-state index contributed by atoms with van der Waals surface area (Å²) >= 11 is 3.38. The molecule has 0 aromatic carbocycles. The summed E-state index contributed by atoms with van der Waals surface area (Å²) in [4.78, 5) is 0. The number of hydrogen-bond acceptors (Lipinski definition) is 3. The largest absolute Gasteiger partial charge is 0.392 e. The molecule has 3 unspecified atom stereocenters. The number of alkyl halides is 3. The second-order valence-corrected chi connectivity index (χ2v) is 6.29. The summed E-state index contributed by atoms with van der Waals surface area (Å²) in [5, 5.41) is 4.18. The number of nitrogens with two attached hydrogens (primary N) is 1. The van der Waals surface area contributed by atoms with Crippen LogP contribution in [0, 0.1) is 11.8 Å². The summed E-state index contributed by atoms with van der Waals surface area (Å²) in [6.45, 7) is 2.49. The van der Waals surface area contributed by atoms with Gasteiger partial charge in [0.2, 0.25) is 0 Å². The minimum absolute atomic E-state index is 0.171. The zero-order valence-corrected chi connectivity index (χ0v) is 13.4. The van der Waals surface area contributed by atoms with Crippen LogP contribution in [-0.2, 0) is 6.54 Å². The van der Waals surface area contributed by atoms with Crippen LogP contribution in [0.4, 0.5) is 13.2 Å². The van der Waals surface area contributed by atoms with Gasteiger partial charge < -0.3 is 0 Å². The van der Waals surface area contributed by atoms with Crippen molar-refractivity contribution < 1.29 is 13.2 Å². The Balaban J connectivity index is 2.36. The van der Waals surface area contributed by atoms with Crippen LogP contribution in [0.15, 0.2) is 10.7 Å². The Hall–Kier alpha value is -0.600. The fourth-order valence-electron chi connectivity index (χ4n) is 3.30. The van der Waals surface area contributed by atoms with Crippen LogP contribution in [0.1, 0.15) is 44.3 Å². The SMILES string of the molecule is CCn1ncc(Br)c1C(NN)C1CCCCC1C(F)(F)F. The van der Waals surface area contributed by atoms with Crippen molar-refractivity contribution >= 4 is 15.9 Å². The number of aryl methyl sites for hydroxylation is 1. The molecule has 3 atom stereocenters. The van der Waals surface area contributed by atoms with Crippen molar-refractivity contribution in [2.75, 3.05) is 0 Å². The summed E-state index contributed by atoms with van der Waals surface area (Å²) < 4.78 is 42.3. The Morgan fingerprint density at radius 2 is 2.14 bits per heavy atom. The van der Waals surface area contributed by atoms with Crippen LogP contribution in [0.5, 0.6) is 0 Å². The van der Waals surface area contributed by atoms with Gasteiger partial charge in [-0.15, -0.1) is 0 Å². The molecule has 8 heteroatoms. The normalized spacial score (nSPS) is 25.0. The average Bonchev–Trinajstić information content (AvgIpc) is 2.81. The third-order valence-electron chi connectivity index (χ3n) is 4.27. The molecule has 3 N–H and O–H groups in total. The van der Waals surface area contributed by atoms with Crippen molar-refractivity contribution in [3.63, 3.8) is 0 Å². The molecule has 0 bridgehead atoms. The Labute approximate surface area is 130 Å². The molecule has 4 nitrogen and oxygen atoms in total. The predicted octanol–water partition coefficient (Wildman–Crippen LogP) is 3.54. The van der Waals surface area contributed by atoms with Gasteiger partial charge in [0.05, 0.1) is 28.3 Å². The first kappa shape index (κ1) is 16.8. The summed E-state index contributed by atoms with van der Waals surface area (Å²) in [7, 11) is 0. The fraction of sp³-hybridized carbons (Fsp3) is 0.769. The highest BCUT2D eigenvalue weighted by molar-refractivity contribution is 9.10. The van der Waals surface area contributed by atoms with Gasteiger partial charge in [-0.2, -0.15) is 18.3 Å². The maximum Gasteiger partial charge on any atom is 0.392 e. The molecule has 1 heterocycles. The zero-order chi connectivity index (χ0) is 15.6. The Morgan fingerprint density at radius 3 is 2.71 bits per heavy atom. The summed E-state index contributed by atoms with van der Waals surface area (Å²) in [6.07, 6.45) is -0.484. The molecule has 1 saturated carbocycles. The van der Waals surface area contributed by atoms with Crippen molar-refractivity contribution in [3.8, 4) is 0 Å². The van der Waals surface area contributed by atoms with E-state index in [0.717, 1.165) is 6.42 Å². The second kappa shape index (κ2) is 6.66. The Kier molecular flexibility index (Phi) is 5.32. The molecule has 0 aliphatic heterocycles. The molecule has 1 fully saturated rings. The fourth-order valence-corrected chi connectivity index (χ4v) is 3.85. The Morgan fingerprint density at radius 1 is 1.48 bits per heavy atom. The number of hydrogen-bond donors (Lipinski definition) is 2.